The first-order valence-electron chi connectivity index (χ1n) is 8.24. The molecule has 0 saturated carbocycles. The summed E-state index contributed by atoms with van der Waals surface area (Å²) in [7, 11) is 4.05. The van der Waals surface area contributed by atoms with Gasteiger partial charge in [-0.05, 0) is 57.6 Å². The predicted molar refractivity (Wildman–Crippen MR) is 97.3 cm³/mol. The van der Waals surface area contributed by atoms with Crippen LogP contribution in [0.25, 0.3) is 0 Å². The summed E-state index contributed by atoms with van der Waals surface area (Å²) >= 11 is 0. The van der Waals surface area contributed by atoms with Crippen LogP contribution >= 0.6 is 0 Å². The topological polar surface area (TPSA) is 41.6 Å². The fraction of sp³-hybridized carbons (Fsp3) is 0.350. The van der Waals surface area contributed by atoms with Crippen molar-refractivity contribution >= 4 is 6.09 Å². The lowest BCUT2D eigenvalue weighted by Gasteiger charge is -2.20. The maximum atomic E-state index is 12.1. The highest BCUT2D eigenvalue weighted by Crippen LogP contribution is 2.22. The Morgan fingerprint density at radius 2 is 1.79 bits per heavy atom. The van der Waals surface area contributed by atoms with Crippen LogP contribution in [0.5, 0.6) is 5.75 Å². The van der Waals surface area contributed by atoms with Crippen LogP contribution < -0.4 is 10.1 Å². The van der Waals surface area contributed by atoms with E-state index in [2.05, 4.69) is 29.3 Å². The first-order valence-corrected chi connectivity index (χ1v) is 8.24. The van der Waals surface area contributed by atoms with Gasteiger partial charge in [0.25, 0.3) is 0 Å². The second-order valence-electron chi connectivity index (χ2n) is 6.34. The minimum atomic E-state index is -0.423. The van der Waals surface area contributed by atoms with Crippen molar-refractivity contribution in [2.24, 2.45) is 0 Å². The second kappa shape index (κ2) is 8.50. The molecule has 0 fully saturated rings. The van der Waals surface area contributed by atoms with E-state index in [1.165, 1.54) is 5.56 Å². The van der Waals surface area contributed by atoms with Crippen LogP contribution in [0.2, 0.25) is 0 Å². The van der Waals surface area contributed by atoms with Gasteiger partial charge >= 0.3 is 6.09 Å². The molecule has 0 heterocycles. The molecule has 1 N–H and O–H groups in total. The Balaban J connectivity index is 1.91. The number of rotatable bonds is 6. The molecule has 1 amide bonds. The Hall–Kier alpha value is -2.33. The molecule has 0 unspecified atom stereocenters. The lowest BCUT2D eigenvalue weighted by molar-refractivity contribution is 0.196. The molecule has 2 aromatic carbocycles. The molecular weight excluding hydrogens is 300 g/mol. The molecule has 128 valence electrons. The van der Waals surface area contributed by atoms with Crippen LogP contribution in [0.15, 0.2) is 54.6 Å². The molecule has 2 aromatic rings. The van der Waals surface area contributed by atoms with Gasteiger partial charge in [-0.25, -0.2) is 4.79 Å². The third-order valence-electron chi connectivity index (χ3n) is 4.07. The van der Waals surface area contributed by atoms with E-state index >= 15 is 0 Å². The number of hydrogen-bond acceptors (Lipinski definition) is 3. The van der Waals surface area contributed by atoms with Crippen LogP contribution in [0.4, 0.5) is 4.79 Å². The fourth-order valence-electron chi connectivity index (χ4n) is 2.49. The molecule has 0 aromatic heterocycles. The lowest BCUT2D eigenvalue weighted by Crippen LogP contribution is -2.36. The quantitative estimate of drug-likeness (QED) is 0.871. The van der Waals surface area contributed by atoms with Gasteiger partial charge in [0, 0.05) is 12.1 Å². The van der Waals surface area contributed by atoms with Gasteiger partial charge in [0.1, 0.15) is 5.75 Å². The molecule has 0 aliphatic rings. The van der Waals surface area contributed by atoms with Crippen LogP contribution in [0.3, 0.4) is 0 Å². The van der Waals surface area contributed by atoms with E-state index in [9.17, 15) is 4.79 Å². The van der Waals surface area contributed by atoms with Crippen LogP contribution in [0, 0.1) is 0 Å². The minimum absolute atomic E-state index is 0.00350. The van der Waals surface area contributed by atoms with E-state index in [1.54, 1.807) is 6.07 Å². The van der Waals surface area contributed by atoms with E-state index in [-0.39, 0.29) is 12.1 Å². The zero-order valence-corrected chi connectivity index (χ0v) is 14.8. The molecule has 0 radical (unpaired) electrons. The standard InChI is InChI=1S/C20H26N2O2/c1-15(13-17-9-6-5-7-10-17)21-20(23)24-19-12-8-11-18(14-19)16(2)22(3)4/h5-12,14-16H,13H2,1-4H3,(H,21,23)/t15-,16+/m1/s1. The van der Waals surface area contributed by atoms with E-state index in [4.69, 9.17) is 4.74 Å². The highest BCUT2D eigenvalue weighted by Gasteiger charge is 2.12. The van der Waals surface area contributed by atoms with Gasteiger partial charge in [-0.2, -0.15) is 0 Å². The van der Waals surface area contributed by atoms with E-state index in [0.29, 0.717) is 5.75 Å². The Kier molecular flexibility index (Phi) is 6.38. The molecule has 0 aliphatic heterocycles. The largest absolute Gasteiger partial charge is 0.412 e. The SMILES string of the molecule is C[C@H](Cc1ccccc1)NC(=O)Oc1cccc([C@H](C)N(C)C)c1. The van der Waals surface area contributed by atoms with Crippen molar-refractivity contribution in [1.29, 1.82) is 0 Å². The Labute approximate surface area is 144 Å². The molecule has 2 rings (SSSR count). The zero-order valence-electron chi connectivity index (χ0n) is 14.8. The maximum Gasteiger partial charge on any atom is 0.412 e. The van der Waals surface area contributed by atoms with Gasteiger partial charge in [0.2, 0.25) is 0 Å². The smallest absolute Gasteiger partial charge is 0.410 e. The summed E-state index contributed by atoms with van der Waals surface area (Å²) in [5, 5.41) is 2.88. The van der Waals surface area contributed by atoms with Crippen molar-refractivity contribution in [1.82, 2.24) is 10.2 Å². The molecule has 0 bridgehead atoms. The zero-order chi connectivity index (χ0) is 17.5. The summed E-state index contributed by atoms with van der Waals surface area (Å²) in [6, 6.07) is 18.0. The first kappa shape index (κ1) is 18.0. The van der Waals surface area contributed by atoms with Crippen molar-refractivity contribution < 1.29 is 9.53 Å². The van der Waals surface area contributed by atoms with E-state index < -0.39 is 6.09 Å². The minimum Gasteiger partial charge on any atom is -0.410 e. The van der Waals surface area contributed by atoms with Crippen molar-refractivity contribution in [3.8, 4) is 5.75 Å². The average molecular weight is 326 g/mol. The Morgan fingerprint density at radius 3 is 2.46 bits per heavy atom. The lowest BCUT2D eigenvalue weighted by atomic mass is 10.1. The number of amides is 1. The molecular formula is C20H26N2O2. The van der Waals surface area contributed by atoms with E-state index in [1.807, 2.05) is 57.4 Å². The van der Waals surface area contributed by atoms with Gasteiger partial charge in [-0.1, -0.05) is 42.5 Å². The highest BCUT2D eigenvalue weighted by molar-refractivity contribution is 5.70. The highest BCUT2D eigenvalue weighted by atomic mass is 16.6. The molecule has 0 aliphatic carbocycles. The monoisotopic (exact) mass is 326 g/mol. The summed E-state index contributed by atoms with van der Waals surface area (Å²) in [5.41, 5.74) is 2.30. The van der Waals surface area contributed by atoms with Gasteiger partial charge in [0.15, 0.2) is 0 Å². The number of nitrogens with one attached hydrogen (secondary N) is 1. The number of carbonyl (C=O) groups is 1. The van der Waals surface area contributed by atoms with Crippen LogP contribution in [0.1, 0.15) is 31.0 Å². The molecule has 24 heavy (non-hydrogen) atoms. The molecule has 2 atom stereocenters. The Morgan fingerprint density at radius 1 is 1.08 bits per heavy atom. The summed E-state index contributed by atoms with van der Waals surface area (Å²) in [5.74, 6) is 0.561. The van der Waals surface area contributed by atoms with Crippen molar-refractivity contribution in [3.05, 3.63) is 65.7 Å². The van der Waals surface area contributed by atoms with Crippen molar-refractivity contribution in [2.45, 2.75) is 32.4 Å². The van der Waals surface area contributed by atoms with Gasteiger partial charge in [-0.3, -0.25) is 0 Å². The van der Waals surface area contributed by atoms with Crippen LogP contribution in [-0.4, -0.2) is 31.1 Å². The van der Waals surface area contributed by atoms with Gasteiger partial charge in [-0.15, -0.1) is 0 Å². The summed E-state index contributed by atoms with van der Waals surface area (Å²) < 4.78 is 5.42. The van der Waals surface area contributed by atoms with Crippen LogP contribution in [-0.2, 0) is 6.42 Å². The second-order valence-corrected chi connectivity index (χ2v) is 6.34. The number of carbonyl (C=O) groups excluding carboxylic acids is 1. The van der Waals surface area contributed by atoms with Gasteiger partial charge in [0.05, 0.1) is 0 Å². The number of nitrogens with zero attached hydrogens (tertiary/aromatic N) is 1. The first-order chi connectivity index (χ1) is 11.5. The van der Waals surface area contributed by atoms with Crippen molar-refractivity contribution in [3.63, 3.8) is 0 Å². The average Bonchev–Trinajstić information content (AvgIpc) is 2.54. The van der Waals surface area contributed by atoms with E-state index in [0.717, 1.165) is 12.0 Å². The third-order valence-corrected chi connectivity index (χ3v) is 4.07. The fourth-order valence-corrected chi connectivity index (χ4v) is 2.49. The number of ether oxygens (including phenoxy) is 1. The molecule has 4 nitrogen and oxygen atoms in total. The summed E-state index contributed by atoms with van der Waals surface area (Å²) in [4.78, 5) is 14.2. The normalized spacial score (nSPS) is 13.4. The third kappa shape index (κ3) is 5.39. The molecule has 4 heteroatoms. The van der Waals surface area contributed by atoms with Gasteiger partial charge < -0.3 is 15.0 Å². The Bertz CT molecular complexity index is 656. The maximum absolute atomic E-state index is 12.1. The van der Waals surface area contributed by atoms with Crippen molar-refractivity contribution in [2.75, 3.05) is 14.1 Å². The number of hydrogen-bond donors (Lipinski definition) is 1. The predicted octanol–water partition coefficient (Wildman–Crippen LogP) is 4.03. The number of benzene rings is 2. The molecule has 0 spiro atoms. The molecule has 0 saturated heterocycles. The summed E-state index contributed by atoms with van der Waals surface area (Å²) in [6.45, 7) is 4.08. The summed E-state index contributed by atoms with van der Waals surface area (Å²) in [6.07, 6.45) is 0.348.